The molecule has 0 atom stereocenters. The van der Waals surface area contributed by atoms with Crippen LogP contribution in [0, 0.1) is 25.6 Å². The predicted molar refractivity (Wildman–Crippen MR) is 133 cm³/mol. The molecule has 0 aliphatic carbocycles. The highest BCUT2D eigenvalue weighted by Gasteiger charge is 2.25. The average Bonchev–Trinajstić information content (AvgIpc) is 2.77. The number of unbranched alkanes of at least 4 members (excludes halogenated alkanes) is 2. The zero-order valence-electron chi connectivity index (χ0n) is 20.3. The zero-order valence-corrected chi connectivity index (χ0v) is 21.2. The number of hydrogen-bond acceptors (Lipinski definition) is 10. The second-order valence-electron chi connectivity index (χ2n) is 8.46. The summed E-state index contributed by atoms with van der Waals surface area (Å²) >= 11 is 0. The van der Waals surface area contributed by atoms with Crippen LogP contribution >= 0.6 is 7.60 Å². The van der Waals surface area contributed by atoms with Gasteiger partial charge in [-0.15, -0.1) is 0 Å². The van der Waals surface area contributed by atoms with Crippen LogP contribution < -0.4 is 10.7 Å². The molecule has 1 aromatic rings. The molecular formula is C21H36N5O7P. The van der Waals surface area contributed by atoms with E-state index in [2.05, 4.69) is 15.8 Å². The van der Waals surface area contributed by atoms with Gasteiger partial charge in [0.15, 0.2) is 0 Å². The quantitative estimate of drug-likeness (QED) is 0.0889. The van der Waals surface area contributed by atoms with E-state index in [1.807, 2.05) is 27.7 Å². The van der Waals surface area contributed by atoms with E-state index in [-0.39, 0.29) is 17.5 Å². The average molecular weight is 502 g/mol. The number of rotatable bonds is 18. The largest absolute Gasteiger partial charge is 0.331 e. The second-order valence-corrected chi connectivity index (χ2v) is 10.6. The molecular weight excluding hydrogens is 465 g/mol. The number of nitrogens with one attached hydrogen (secondary N) is 2. The summed E-state index contributed by atoms with van der Waals surface area (Å²) in [6.45, 7) is 9.60. The highest BCUT2D eigenvalue weighted by atomic mass is 31.2. The summed E-state index contributed by atoms with van der Waals surface area (Å²) in [4.78, 5) is 20.7. The van der Waals surface area contributed by atoms with Crippen LogP contribution in [0.3, 0.4) is 0 Å². The minimum atomic E-state index is -3.17. The first-order valence-electron chi connectivity index (χ1n) is 11.4. The minimum Gasteiger partial charge on any atom is -0.315 e. The number of hydrogen-bond donors (Lipinski definition) is 2. The summed E-state index contributed by atoms with van der Waals surface area (Å²) < 4.78 is 24.1. The van der Waals surface area contributed by atoms with Crippen LogP contribution in [0.2, 0.25) is 0 Å². The molecule has 0 bridgehead atoms. The minimum absolute atomic E-state index is 0.0463. The molecule has 1 aromatic carbocycles. The number of non-ortho nitro benzene ring substituents is 1. The lowest BCUT2D eigenvalue weighted by atomic mass is 9.95. The van der Waals surface area contributed by atoms with Gasteiger partial charge in [0.1, 0.15) is 5.69 Å². The van der Waals surface area contributed by atoms with Crippen molar-refractivity contribution in [2.45, 2.75) is 53.4 Å². The van der Waals surface area contributed by atoms with Crippen molar-refractivity contribution in [1.82, 2.24) is 5.32 Å². The van der Waals surface area contributed by atoms with Crippen LogP contribution in [-0.4, -0.2) is 48.5 Å². The lowest BCUT2D eigenvalue weighted by Gasteiger charge is -2.22. The van der Waals surface area contributed by atoms with Crippen molar-refractivity contribution < 1.29 is 23.5 Å². The fourth-order valence-electron chi connectivity index (χ4n) is 2.69. The first kappa shape index (κ1) is 29.6. The van der Waals surface area contributed by atoms with Crippen molar-refractivity contribution >= 4 is 30.9 Å². The summed E-state index contributed by atoms with van der Waals surface area (Å²) in [5, 5.41) is 29.4. The maximum atomic E-state index is 13.0. The van der Waals surface area contributed by atoms with Crippen molar-refractivity contribution in [1.29, 1.82) is 0 Å². The van der Waals surface area contributed by atoms with Gasteiger partial charge in [0.2, 0.25) is 0 Å². The van der Waals surface area contributed by atoms with E-state index in [1.165, 1.54) is 12.1 Å². The molecule has 0 amide bonds. The van der Waals surface area contributed by atoms with Gasteiger partial charge in [-0.2, -0.15) is 5.10 Å². The molecule has 34 heavy (non-hydrogen) atoms. The molecule has 0 spiro atoms. The number of nitro benzene ring substituents is 2. The number of anilines is 1. The fourth-order valence-corrected chi connectivity index (χ4v) is 4.27. The zero-order chi connectivity index (χ0) is 25.6. The molecule has 0 aliphatic heterocycles. The first-order chi connectivity index (χ1) is 16.0. The summed E-state index contributed by atoms with van der Waals surface area (Å²) in [7, 11) is -3.17. The van der Waals surface area contributed by atoms with Crippen molar-refractivity contribution in [3.8, 4) is 0 Å². The Balaban J connectivity index is 2.62. The highest BCUT2D eigenvalue weighted by Crippen LogP contribution is 2.48. The monoisotopic (exact) mass is 501 g/mol. The Labute approximate surface area is 200 Å². The molecule has 0 saturated carbocycles. The van der Waals surface area contributed by atoms with Gasteiger partial charge >= 0.3 is 13.3 Å². The van der Waals surface area contributed by atoms with Gasteiger partial charge in [0.05, 0.1) is 35.3 Å². The van der Waals surface area contributed by atoms with Crippen LogP contribution in [-0.2, 0) is 13.6 Å². The Bertz CT molecular complexity index is 865. The molecule has 1 rings (SSSR count). The van der Waals surface area contributed by atoms with E-state index >= 15 is 0 Å². The highest BCUT2D eigenvalue weighted by molar-refractivity contribution is 7.53. The Kier molecular flexibility index (Phi) is 12.9. The molecule has 0 saturated heterocycles. The molecule has 0 aromatic heterocycles. The lowest BCUT2D eigenvalue weighted by molar-refractivity contribution is -0.393. The van der Waals surface area contributed by atoms with Crippen molar-refractivity contribution in [3.63, 3.8) is 0 Å². The van der Waals surface area contributed by atoms with Crippen molar-refractivity contribution in [3.05, 3.63) is 38.4 Å². The number of nitrogens with zero attached hydrogens (tertiary/aromatic N) is 3. The third-order valence-electron chi connectivity index (χ3n) is 4.70. The van der Waals surface area contributed by atoms with Gasteiger partial charge in [-0.1, -0.05) is 40.5 Å². The Hall–Kier alpha value is -2.40. The van der Waals surface area contributed by atoms with Crippen LogP contribution in [0.25, 0.3) is 0 Å². The van der Waals surface area contributed by atoms with Crippen LogP contribution in [0.15, 0.2) is 23.3 Å². The third kappa shape index (κ3) is 11.1. The van der Waals surface area contributed by atoms with E-state index < -0.39 is 28.5 Å². The summed E-state index contributed by atoms with van der Waals surface area (Å²) in [5.41, 5.74) is 1.37. The topological polar surface area (TPSA) is 158 Å². The predicted octanol–water partition coefficient (Wildman–Crippen LogP) is 5.34. The maximum absolute atomic E-state index is 13.0. The lowest BCUT2D eigenvalue weighted by Crippen LogP contribution is -2.32. The molecule has 0 fully saturated rings. The Morgan fingerprint density at radius 3 is 2.24 bits per heavy atom. The first-order valence-corrected chi connectivity index (χ1v) is 13.1. The standard InChI is InChI=1S/C21H36N5O7P/c1-5-7-12-32-34(31,33-13-8-6-2)14-11-22-16-21(3,4)17-23-24-19-10-9-18(25(27)28)15-20(19)26(29)30/h9-10,15,17,22,24H,5-8,11-14,16H2,1-4H3. The Morgan fingerprint density at radius 1 is 1.09 bits per heavy atom. The van der Waals surface area contributed by atoms with Crippen LogP contribution in [0.5, 0.6) is 0 Å². The fraction of sp³-hybridized carbons (Fsp3) is 0.667. The van der Waals surface area contributed by atoms with Gasteiger partial charge in [-0.3, -0.25) is 30.2 Å². The van der Waals surface area contributed by atoms with E-state index in [0.717, 1.165) is 31.7 Å². The smallest absolute Gasteiger partial charge is 0.315 e. The molecule has 13 heteroatoms. The summed E-state index contributed by atoms with van der Waals surface area (Å²) in [6, 6.07) is 3.29. The summed E-state index contributed by atoms with van der Waals surface area (Å²) in [6.07, 6.45) is 5.35. The van der Waals surface area contributed by atoms with E-state index in [9.17, 15) is 24.8 Å². The van der Waals surface area contributed by atoms with Gasteiger partial charge < -0.3 is 14.4 Å². The van der Waals surface area contributed by atoms with E-state index in [4.69, 9.17) is 9.05 Å². The third-order valence-corrected chi connectivity index (χ3v) is 6.63. The Morgan fingerprint density at radius 2 is 1.71 bits per heavy atom. The van der Waals surface area contributed by atoms with Crippen molar-refractivity contribution in [2.75, 3.05) is 37.9 Å². The molecule has 0 radical (unpaired) electrons. The second kappa shape index (κ2) is 14.8. The summed E-state index contributed by atoms with van der Waals surface area (Å²) in [5.74, 6) is 0. The number of nitro groups is 2. The van der Waals surface area contributed by atoms with Gasteiger partial charge in [0, 0.05) is 30.8 Å². The van der Waals surface area contributed by atoms with Gasteiger partial charge in [-0.25, -0.2) is 0 Å². The number of hydrazone groups is 1. The van der Waals surface area contributed by atoms with Gasteiger partial charge in [0.25, 0.3) is 5.69 Å². The molecule has 12 nitrogen and oxygen atoms in total. The maximum Gasteiger partial charge on any atom is 0.331 e. The molecule has 0 aliphatic rings. The van der Waals surface area contributed by atoms with Crippen LogP contribution in [0.4, 0.5) is 17.1 Å². The van der Waals surface area contributed by atoms with Crippen LogP contribution in [0.1, 0.15) is 53.4 Å². The molecule has 2 N–H and O–H groups in total. The van der Waals surface area contributed by atoms with Gasteiger partial charge in [-0.05, 0) is 18.9 Å². The van der Waals surface area contributed by atoms with E-state index in [1.54, 1.807) is 6.21 Å². The molecule has 0 heterocycles. The molecule has 192 valence electrons. The number of benzene rings is 1. The normalized spacial score (nSPS) is 12.2. The molecule has 0 unspecified atom stereocenters. The van der Waals surface area contributed by atoms with Crippen molar-refractivity contribution in [2.24, 2.45) is 10.5 Å². The SMILES string of the molecule is CCCCOP(=O)(CCNCC(C)(C)C=NNc1ccc([N+](=O)[O-])cc1[N+](=O)[O-])OCCCC. The van der Waals surface area contributed by atoms with E-state index in [0.29, 0.717) is 26.3 Å².